The molecule has 0 spiro atoms. The molecule has 1 aromatic carbocycles. The fraction of sp³-hybridized carbons (Fsp3) is 0.273. The average molecular weight is 188 g/mol. The first kappa shape index (κ1) is 8.94. The Morgan fingerprint density at radius 2 is 2.29 bits per heavy atom. The van der Waals surface area contributed by atoms with E-state index < -0.39 is 0 Å². The third kappa shape index (κ3) is 1.31. The first-order chi connectivity index (χ1) is 6.72. The van der Waals surface area contributed by atoms with Crippen LogP contribution < -0.4 is 0 Å². The number of benzene rings is 1. The van der Waals surface area contributed by atoms with Crippen LogP contribution in [0.2, 0.25) is 0 Å². The summed E-state index contributed by atoms with van der Waals surface area (Å²) in [5.41, 5.74) is 1.53. The highest BCUT2D eigenvalue weighted by molar-refractivity contribution is 6.06. The maximum atomic E-state index is 11.6. The summed E-state index contributed by atoms with van der Waals surface area (Å²) in [5.74, 6) is 0.148. The molecule has 0 aliphatic heterocycles. The van der Waals surface area contributed by atoms with Crippen molar-refractivity contribution in [2.45, 2.75) is 13.3 Å². The molecule has 1 aromatic heterocycles. The van der Waals surface area contributed by atoms with Gasteiger partial charge in [-0.1, -0.05) is 19.1 Å². The lowest BCUT2D eigenvalue weighted by Gasteiger charge is -1.97. The van der Waals surface area contributed by atoms with Crippen molar-refractivity contribution < 1.29 is 4.79 Å². The number of aromatic nitrogens is 2. The van der Waals surface area contributed by atoms with Gasteiger partial charge in [-0.3, -0.25) is 9.48 Å². The number of ketones is 1. The minimum Gasteiger partial charge on any atom is -0.294 e. The van der Waals surface area contributed by atoms with E-state index in [0.717, 1.165) is 16.5 Å². The third-order valence-electron chi connectivity index (χ3n) is 2.27. The molecule has 1 heterocycles. The molecule has 0 radical (unpaired) electrons. The molecule has 3 heteroatoms. The van der Waals surface area contributed by atoms with Crippen LogP contribution >= 0.6 is 0 Å². The summed E-state index contributed by atoms with van der Waals surface area (Å²) in [6.45, 7) is 1.87. The molecule has 0 amide bonds. The van der Waals surface area contributed by atoms with Gasteiger partial charge in [-0.15, -0.1) is 0 Å². The second kappa shape index (κ2) is 3.25. The Bertz CT molecular complexity index is 485. The normalized spacial score (nSPS) is 10.7. The zero-order valence-corrected chi connectivity index (χ0v) is 8.32. The number of hydrogen-bond donors (Lipinski definition) is 0. The van der Waals surface area contributed by atoms with Gasteiger partial charge in [0.1, 0.15) is 5.52 Å². The second-order valence-corrected chi connectivity index (χ2v) is 3.32. The lowest BCUT2D eigenvalue weighted by molar-refractivity contribution is 0.0989. The van der Waals surface area contributed by atoms with Crippen molar-refractivity contribution in [3.8, 4) is 0 Å². The van der Waals surface area contributed by atoms with E-state index in [1.54, 1.807) is 4.68 Å². The Morgan fingerprint density at radius 3 is 3.00 bits per heavy atom. The molecule has 0 saturated heterocycles. The molecule has 2 aromatic rings. The molecule has 0 saturated carbocycles. The molecule has 3 nitrogen and oxygen atoms in total. The van der Waals surface area contributed by atoms with Gasteiger partial charge in [-0.25, -0.2) is 0 Å². The van der Waals surface area contributed by atoms with E-state index in [4.69, 9.17) is 0 Å². The van der Waals surface area contributed by atoms with E-state index in [2.05, 4.69) is 5.10 Å². The van der Waals surface area contributed by atoms with Crippen molar-refractivity contribution in [1.82, 2.24) is 9.78 Å². The van der Waals surface area contributed by atoms with Crippen molar-refractivity contribution in [2.24, 2.45) is 7.05 Å². The highest BCUT2D eigenvalue weighted by atomic mass is 16.1. The quantitative estimate of drug-likeness (QED) is 0.677. The van der Waals surface area contributed by atoms with Crippen LogP contribution in [-0.2, 0) is 7.05 Å². The highest BCUT2D eigenvalue weighted by Crippen LogP contribution is 2.17. The molecule has 72 valence electrons. The van der Waals surface area contributed by atoms with E-state index in [-0.39, 0.29) is 5.78 Å². The number of rotatable bonds is 2. The van der Waals surface area contributed by atoms with Gasteiger partial charge in [0.05, 0.1) is 0 Å². The maximum absolute atomic E-state index is 11.6. The van der Waals surface area contributed by atoms with Crippen LogP contribution in [0.3, 0.4) is 0 Å². The van der Waals surface area contributed by atoms with Crippen molar-refractivity contribution in [3.05, 3.63) is 30.0 Å². The minimum absolute atomic E-state index is 0.148. The van der Waals surface area contributed by atoms with Crippen LogP contribution in [0.15, 0.2) is 24.4 Å². The Labute approximate surface area is 82.3 Å². The van der Waals surface area contributed by atoms with Crippen LogP contribution in [0, 0.1) is 0 Å². The summed E-state index contributed by atoms with van der Waals surface area (Å²) in [7, 11) is 1.86. The molecular formula is C11H12N2O. The number of carbonyl (C=O) groups excluding carboxylic acids is 1. The van der Waals surface area contributed by atoms with Crippen LogP contribution in [0.25, 0.3) is 10.9 Å². The van der Waals surface area contributed by atoms with Crippen LogP contribution in [-0.4, -0.2) is 15.6 Å². The number of hydrogen-bond acceptors (Lipinski definition) is 2. The van der Waals surface area contributed by atoms with Crippen molar-refractivity contribution >= 4 is 16.7 Å². The lowest BCUT2D eigenvalue weighted by Crippen LogP contribution is -1.97. The molecule has 0 aliphatic carbocycles. The maximum Gasteiger partial charge on any atom is 0.164 e. The van der Waals surface area contributed by atoms with E-state index in [9.17, 15) is 4.79 Å². The van der Waals surface area contributed by atoms with Gasteiger partial charge in [0, 0.05) is 30.6 Å². The average Bonchev–Trinajstić information content (AvgIpc) is 2.56. The van der Waals surface area contributed by atoms with Gasteiger partial charge in [0.15, 0.2) is 5.78 Å². The fourth-order valence-corrected chi connectivity index (χ4v) is 1.58. The molecule has 2 rings (SSSR count). The molecule has 0 unspecified atom stereocenters. The van der Waals surface area contributed by atoms with Crippen molar-refractivity contribution in [1.29, 1.82) is 0 Å². The van der Waals surface area contributed by atoms with Gasteiger partial charge < -0.3 is 0 Å². The molecule has 0 N–H and O–H groups in total. The number of fused-ring (bicyclic) bond motifs is 1. The summed E-state index contributed by atoms with van der Waals surface area (Å²) in [6.07, 6.45) is 2.44. The first-order valence-electron chi connectivity index (χ1n) is 4.68. The number of carbonyl (C=O) groups is 1. The standard InChI is InChI=1S/C11H12N2O/c1-3-10(14)9-6-4-5-8-7-13(2)12-11(8)9/h4-7H,3H2,1-2H3. The number of Topliss-reactive ketones (excluding diaryl/α,β-unsaturated/α-hetero) is 1. The van der Waals surface area contributed by atoms with Crippen LogP contribution in [0.5, 0.6) is 0 Å². The Kier molecular flexibility index (Phi) is 2.08. The van der Waals surface area contributed by atoms with Gasteiger partial charge in [0.2, 0.25) is 0 Å². The van der Waals surface area contributed by atoms with E-state index in [0.29, 0.717) is 6.42 Å². The monoisotopic (exact) mass is 188 g/mol. The predicted molar refractivity (Wildman–Crippen MR) is 55.3 cm³/mol. The zero-order valence-electron chi connectivity index (χ0n) is 8.32. The molecule has 0 atom stereocenters. The predicted octanol–water partition coefficient (Wildman–Crippen LogP) is 2.17. The molecular weight excluding hydrogens is 176 g/mol. The molecule has 0 fully saturated rings. The molecule has 0 bridgehead atoms. The van der Waals surface area contributed by atoms with Crippen molar-refractivity contribution in [2.75, 3.05) is 0 Å². The summed E-state index contributed by atoms with van der Waals surface area (Å²) in [4.78, 5) is 11.6. The molecule has 0 aliphatic rings. The van der Waals surface area contributed by atoms with Gasteiger partial charge >= 0.3 is 0 Å². The van der Waals surface area contributed by atoms with E-state index in [1.807, 2.05) is 38.4 Å². The zero-order chi connectivity index (χ0) is 10.1. The highest BCUT2D eigenvalue weighted by Gasteiger charge is 2.09. The van der Waals surface area contributed by atoms with Crippen molar-refractivity contribution in [3.63, 3.8) is 0 Å². The Morgan fingerprint density at radius 1 is 1.50 bits per heavy atom. The SMILES string of the molecule is CCC(=O)c1cccc2cn(C)nc12. The third-order valence-corrected chi connectivity index (χ3v) is 2.27. The van der Waals surface area contributed by atoms with Crippen LogP contribution in [0.1, 0.15) is 23.7 Å². The lowest BCUT2D eigenvalue weighted by atomic mass is 10.1. The van der Waals surface area contributed by atoms with Gasteiger partial charge in [-0.05, 0) is 6.07 Å². The smallest absolute Gasteiger partial charge is 0.164 e. The van der Waals surface area contributed by atoms with Gasteiger partial charge in [-0.2, -0.15) is 5.10 Å². The molecule has 14 heavy (non-hydrogen) atoms. The summed E-state index contributed by atoms with van der Waals surface area (Å²) in [5, 5.41) is 5.30. The first-order valence-corrected chi connectivity index (χ1v) is 4.68. The number of aryl methyl sites for hydroxylation is 1. The second-order valence-electron chi connectivity index (χ2n) is 3.32. The topological polar surface area (TPSA) is 34.9 Å². The minimum atomic E-state index is 0.148. The Balaban J connectivity index is 2.70. The van der Waals surface area contributed by atoms with Gasteiger partial charge in [0.25, 0.3) is 0 Å². The fourth-order valence-electron chi connectivity index (χ4n) is 1.58. The number of nitrogens with zero attached hydrogens (tertiary/aromatic N) is 2. The summed E-state index contributed by atoms with van der Waals surface area (Å²) in [6, 6.07) is 5.70. The van der Waals surface area contributed by atoms with Crippen LogP contribution in [0.4, 0.5) is 0 Å². The largest absolute Gasteiger partial charge is 0.294 e. The Hall–Kier alpha value is -1.64. The summed E-state index contributed by atoms with van der Waals surface area (Å²) < 4.78 is 1.73. The summed E-state index contributed by atoms with van der Waals surface area (Å²) >= 11 is 0. The van der Waals surface area contributed by atoms with E-state index in [1.165, 1.54) is 0 Å². The van der Waals surface area contributed by atoms with E-state index >= 15 is 0 Å².